The second-order valence-electron chi connectivity index (χ2n) is 5.36. The maximum atomic E-state index is 13.1. The first-order valence-electron chi connectivity index (χ1n) is 7.50. The zero-order valence-corrected chi connectivity index (χ0v) is 13.7. The van der Waals surface area contributed by atoms with Crippen LogP contribution in [-0.2, 0) is 17.3 Å². The fourth-order valence-electron chi connectivity index (χ4n) is 2.57. The topological polar surface area (TPSA) is 32.3 Å². The number of alkyl halides is 3. The van der Waals surface area contributed by atoms with E-state index in [-0.39, 0.29) is 6.03 Å². The first-order valence-corrected chi connectivity index (χ1v) is 8.73. The molecule has 2 amide bonds. The lowest BCUT2D eigenvalue weighted by molar-refractivity contribution is -0.137. The second kappa shape index (κ2) is 6.39. The molecule has 0 spiro atoms. The van der Waals surface area contributed by atoms with Crippen LogP contribution < -0.4 is 9.62 Å². The van der Waals surface area contributed by atoms with E-state index < -0.39 is 22.8 Å². The monoisotopic (exact) mass is 353 g/mol. The molecule has 2 aromatic carbocycles. The number of amides is 2. The third-order valence-corrected chi connectivity index (χ3v) is 5.56. The van der Waals surface area contributed by atoms with Gasteiger partial charge in [0.25, 0.3) is 0 Å². The molecule has 1 aliphatic rings. The zero-order chi connectivity index (χ0) is 17.3. The number of nitrogens with zero attached hydrogens (tertiary/aromatic N) is 1. The smallest absolute Gasteiger partial charge is 0.286 e. The van der Waals surface area contributed by atoms with Crippen LogP contribution in [0.3, 0.4) is 0 Å². The zero-order valence-electron chi connectivity index (χ0n) is 12.9. The van der Waals surface area contributed by atoms with Crippen molar-refractivity contribution in [3.05, 3.63) is 54.1 Å². The van der Waals surface area contributed by atoms with Crippen LogP contribution in [0.2, 0.25) is 0 Å². The van der Waals surface area contributed by atoms with Crippen molar-refractivity contribution in [1.82, 2.24) is 4.72 Å². The quantitative estimate of drug-likeness (QED) is 0.804. The summed E-state index contributed by atoms with van der Waals surface area (Å²) in [6.07, 6.45) is -3.78. The number of anilines is 1. The van der Waals surface area contributed by atoms with Crippen LogP contribution in [0.1, 0.15) is 18.9 Å². The molecule has 7 heteroatoms. The number of rotatable bonds is 3. The number of halogens is 3. The molecule has 126 valence electrons. The summed E-state index contributed by atoms with van der Waals surface area (Å²) in [7, 11) is 0. The highest BCUT2D eigenvalue weighted by Crippen LogP contribution is 2.39. The Balaban J connectivity index is 2.13. The molecule has 24 heavy (non-hydrogen) atoms. The van der Waals surface area contributed by atoms with Gasteiger partial charge in [-0.25, -0.2) is 4.79 Å². The number of benzene rings is 2. The molecular formula is C17H16F3N2OS+. The lowest BCUT2D eigenvalue weighted by Crippen LogP contribution is -2.48. The minimum Gasteiger partial charge on any atom is -0.286 e. The minimum atomic E-state index is -4.44. The molecule has 0 aliphatic carbocycles. The Kier molecular flexibility index (Phi) is 4.45. The Labute approximate surface area is 141 Å². The molecule has 1 unspecified atom stereocenters. The van der Waals surface area contributed by atoms with E-state index in [1.165, 1.54) is 11.0 Å². The van der Waals surface area contributed by atoms with Gasteiger partial charge in [0, 0.05) is 6.54 Å². The Morgan fingerprint density at radius 2 is 1.83 bits per heavy atom. The number of hydrogen-bond acceptors (Lipinski definition) is 1. The second-order valence-corrected chi connectivity index (χ2v) is 7.09. The molecule has 0 fully saturated rings. The van der Waals surface area contributed by atoms with Gasteiger partial charge in [-0.1, -0.05) is 25.1 Å². The maximum Gasteiger partial charge on any atom is 0.416 e. The molecule has 3 rings (SSSR count). The molecule has 0 radical (unpaired) electrons. The highest BCUT2D eigenvalue weighted by molar-refractivity contribution is 7.96. The molecule has 2 aromatic rings. The van der Waals surface area contributed by atoms with E-state index in [9.17, 15) is 18.0 Å². The predicted molar refractivity (Wildman–Crippen MR) is 88.0 cm³/mol. The van der Waals surface area contributed by atoms with Gasteiger partial charge in [-0.05, 0) is 36.8 Å². The molecule has 0 saturated carbocycles. The van der Waals surface area contributed by atoms with Crippen molar-refractivity contribution in [2.45, 2.75) is 29.3 Å². The molecule has 1 aliphatic heterocycles. The van der Waals surface area contributed by atoms with Crippen LogP contribution in [0.4, 0.5) is 23.7 Å². The maximum absolute atomic E-state index is 13.1. The van der Waals surface area contributed by atoms with Gasteiger partial charge in [-0.3, -0.25) is 4.90 Å². The lowest BCUT2D eigenvalue weighted by atomic mass is 10.1. The average Bonchev–Trinajstić information content (AvgIpc) is 2.56. The van der Waals surface area contributed by atoms with Crippen molar-refractivity contribution in [3.63, 3.8) is 0 Å². The number of hydrogen-bond donors (Lipinski definition) is 1. The van der Waals surface area contributed by atoms with Crippen molar-refractivity contribution in [2.24, 2.45) is 0 Å². The van der Waals surface area contributed by atoms with Gasteiger partial charge in [0.1, 0.15) is 5.69 Å². The molecule has 1 heterocycles. The van der Waals surface area contributed by atoms with E-state index in [1.54, 1.807) is 0 Å². The fraction of sp³-hybridized carbons (Fsp3) is 0.235. The van der Waals surface area contributed by atoms with Gasteiger partial charge in [0.05, 0.1) is 5.56 Å². The molecule has 0 aromatic heterocycles. The van der Waals surface area contributed by atoms with E-state index >= 15 is 0 Å². The summed E-state index contributed by atoms with van der Waals surface area (Å²) in [4.78, 5) is 15.4. The van der Waals surface area contributed by atoms with E-state index in [0.29, 0.717) is 23.5 Å². The van der Waals surface area contributed by atoms with Crippen LogP contribution in [0.15, 0.2) is 58.3 Å². The largest absolute Gasteiger partial charge is 0.416 e. The first kappa shape index (κ1) is 16.7. The molecule has 3 nitrogen and oxygen atoms in total. The predicted octanol–water partition coefficient (Wildman–Crippen LogP) is 4.60. The molecule has 1 atom stereocenters. The number of nitrogens with one attached hydrogen (secondary N) is 1. The van der Waals surface area contributed by atoms with Crippen molar-refractivity contribution in [2.75, 3.05) is 11.4 Å². The lowest BCUT2D eigenvalue weighted by Gasteiger charge is -2.28. The van der Waals surface area contributed by atoms with Crippen LogP contribution in [-0.4, -0.2) is 12.6 Å². The van der Waals surface area contributed by atoms with Crippen molar-refractivity contribution >= 4 is 22.8 Å². The summed E-state index contributed by atoms with van der Waals surface area (Å²) in [5.41, 5.74) is -0.406. The molecule has 0 bridgehead atoms. The SMILES string of the molecule is CCCN1C(=O)N[S+](c2ccccc2)c2ccc(C(F)(F)F)cc21. The third-order valence-electron chi connectivity index (χ3n) is 3.66. The number of carbonyl (C=O) groups is 1. The fourth-order valence-corrected chi connectivity index (χ4v) is 4.35. The van der Waals surface area contributed by atoms with Gasteiger partial charge in [0.15, 0.2) is 16.0 Å². The van der Waals surface area contributed by atoms with Crippen LogP contribution in [0, 0.1) is 0 Å². The Hall–Kier alpha value is -2.15. The van der Waals surface area contributed by atoms with Crippen LogP contribution >= 0.6 is 0 Å². The van der Waals surface area contributed by atoms with Crippen molar-refractivity contribution in [1.29, 1.82) is 0 Å². The van der Waals surface area contributed by atoms with Crippen molar-refractivity contribution in [3.8, 4) is 0 Å². The summed E-state index contributed by atoms with van der Waals surface area (Å²) in [6, 6.07) is 12.5. The summed E-state index contributed by atoms with van der Waals surface area (Å²) in [6.45, 7) is 2.25. The van der Waals surface area contributed by atoms with E-state index in [1.807, 2.05) is 37.3 Å². The Bertz CT molecular complexity index is 749. The highest BCUT2D eigenvalue weighted by atomic mass is 32.2. The Morgan fingerprint density at radius 1 is 1.12 bits per heavy atom. The highest BCUT2D eigenvalue weighted by Gasteiger charge is 2.42. The molecule has 0 saturated heterocycles. The summed E-state index contributed by atoms with van der Waals surface area (Å²) >= 11 is -0.781. The molecule has 1 N–H and O–H groups in total. The van der Waals surface area contributed by atoms with Crippen LogP contribution in [0.5, 0.6) is 0 Å². The van der Waals surface area contributed by atoms with E-state index in [0.717, 1.165) is 17.0 Å². The standard InChI is InChI=1S/C17H15F3N2OS/c1-2-10-22-14-11-12(17(18,19)20)8-9-15(14)24(21-16(22)23)13-6-4-3-5-7-13/h3-9,11H,2,10H2,1H3/p+1. The summed E-state index contributed by atoms with van der Waals surface area (Å²) < 4.78 is 42.1. The van der Waals surface area contributed by atoms with E-state index in [4.69, 9.17) is 0 Å². The minimum absolute atomic E-state index is 0.336. The van der Waals surface area contributed by atoms with Crippen LogP contribution in [0.25, 0.3) is 0 Å². The Morgan fingerprint density at radius 3 is 2.46 bits per heavy atom. The van der Waals surface area contributed by atoms with Gasteiger partial charge < -0.3 is 0 Å². The van der Waals surface area contributed by atoms with Gasteiger partial charge in [-0.15, -0.1) is 4.72 Å². The number of carbonyl (C=O) groups excluding carboxylic acids is 1. The van der Waals surface area contributed by atoms with Gasteiger partial charge in [0.2, 0.25) is 4.90 Å². The van der Waals surface area contributed by atoms with Crippen molar-refractivity contribution < 1.29 is 18.0 Å². The third kappa shape index (κ3) is 3.08. The summed E-state index contributed by atoms with van der Waals surface area (Å²) in [5.74, 6) is 0. The van der Waals surface area contributed by atoms with E-state index in [2.05, 4.69) is 4.72 Å². The van der Waals surface area contributed by atoms with Gasteiger partial charge >= 0.3 is 12.2 Å². The average molecular weight is 353 g/mol. The number of fused-ring (bicyclic) bond motifs is 1. The first-order chi connectivity index (χ1) is 11.4. The number of urea groups is 1. The summed E-state index contributed by atoms with van der Waals surface area (Å²) in [5, 5.41) is 0. The molecular weight excluding hydrogens is 337 g/mol. The van der Waals surface area contributed by atoms with Gasteiger partial charge in [-0.2, -0.15) is 13.2 Å². The normalized spacial score (nSPS) is 17.4.